The maximum absolute atomic E-state index is 12.6. The Labute approximate surface area is 206 Å². The van der Waals surface area contributed by atoms with Gasteiger partial charge in [-0.15, -0.1) is 0 Å². The molecule has 164 valence electrons. The molecule has 4 nitrogen and oxygen atoms in total. The number of halogens is 3. The molecule has 0 radical (unpaired) electrons. The third kappa shape index (κ3) is 5.99. The highest BCUT2D eigenvalue weighted by atomic mass is 35.5. The van der Waals surface area contributed by atoms with E-state index in [2.05, 4.69) is 15.5 Å². The largest absolute Gasteiger partial charge is 0.289 e. The molecule has 0 unspecified atom stereocenters. The lowest BCUT2D eigenvalue weighted by Crippen LogP contribution is -2.02. The SMILES string of the molecule is O=C(c1ccc(Cc2c(Cl)cc(NN=Cc3ccccc3)cc2Cl)cc1)c1ccc(Cl)nc1. The van der Waals surface area contributed by atoms with Crippen LogP contribution in [0, 0.1) is 0 Å². The van der Waals surface area contributed by atoms with Crippen LogP contribution >= 0.6 is 34.8 Å². The average Bonchev–Trinajstić information content (AvgIpc) is 2.83. The van der Waals surface area contributed by atoms with Crippen molar-refractivity contribution in [1.29, 1.82) is 0 Å². The summed E-state index contributed by atoms with van der Waals surface area (Å²) in [6.45, 7) is 0. The number of hydrogen-bond donors (Lipinski definition) is 1. The zero-order chi connectivity index (χ0) is 23.2. The number of carbonyl (C=O) groups is 1. The average molecular weight is 495 g/mol. The molecule has 0 bridgehead atoms. The first-order valence-corrected chi connectivity index (χ1v) is 11.2. The minimum atomic E-state index is -0.117. The Balaban J connectivity index is 1.44. The summed E-state index contributed by atoms with van der Waals surface area (Å²) in [5, 5.41) is 5.64. The predicted octanol–water partition coefficient (Wildman–Crippen LogP) is 7.31. The van der Waals surface area contributed by atoms with Crippen LogP contribution in [0.2, 0.25) is 15.2 Å². The number of aromatic nitrogens is 1. The lowest BCUT2D eigenvalue weighted by Gasteiger charge is -2.11. The number of benzene rings is 3. The number of ketones is 1. The summed E-state index contributed by atoms with van der Waals surface area (Å²) >= 11 is 18.8. The first-order valence-electron chi connectivity index (χ1n) is 10.1. The van der Waals surface area contributed by atoms with E-state index < -0.39 is 0 Å². The van der Waals surface area contributed by atoms with Gasteiger partial charge in [0.2, 0.25) is 0 Å². The van der Waals surface area contributed by atoms with Gasteiger partial charge < -0.3 is 0 Å². The van der Waals surface area contributed by atoms with E-state index in [0.29, 0.717) is 38.4 Å². The van der Waals surface area contributed by atoms with Crippen molar-refractivity contribution >= 4 is 52.5 Å². The van der Waals surface area contributed by atoms with Crippen LogP contribution < -0.4 is 5.43 Å². The summed E-state index contributed by atoms with van der Waals surface area (Å²) in [5.74, 6) is -0.117. The second kappa shape index (κ2) is 10.6. The zero-order valence-corrected chi connectivity index (χ0v) is 19.6. The van der Waals surface area contributed by atoms with Gasteiger partial charge in [-0.3, -0.25) is 10.2 Å². The molecule has 1 aromatic heterocycles. The van der Waals surface area contributed by atoms with Crippen molar-refractivity contribution in [3.05, 3.63) is 128 Å². The van der Waals surface area contributed by atoms with Crippen molar-refractivity contribution in [1.82, 2.24) is 4.98 Å². The molecule has 0 amide bonds. The smallest absolute Gasteiger partial charge is 0.194 e. The monoisotopic (exact) mass is 493 g/mol. The maximum atomic E-state index is 12.6. The first-order chi connectivity index (χ1) is 16.0. The summed E-state index contributed by atoms with van der Waals surface area (Å²) in [6.07, 6.45) is 3.72. The van der Waals surface area contributed by atoms with Crippen molar-refractivity contribution in [2.75, 3.05) is 5.43 Å². The number of hydrazone groups is 1. The van der Waals surface area contributed by atoms with Crippen molar-refractivity contribution in [2.45, 2.75) is 6.42 Å². The van der Waals surface area contributed by atoms with Gasteiger partial charge in [-0.2, -0.15) is 5.10 Å². The second-order valence-corrected chi connectivity index (χ2v) is 8.47. The van der Waals surface area contributed by atoms with Crippen LogP contribution in [0.4, 0.5) is 5.69 Å². The first kappa shape index (κ1) is 23.0. The molecule has 0 aliphatic carbocycles. The fourth-order valence-corrected chi connectivity index (χ4v) is 3.94. The highest BCUT2D eigenvalue weighted by Crippen LogP contribution is 2.31. The molecule has 0 aliphatic heterocycles. The minimum Gasteiger partial charge on any atom is -0.289 e. The predicted molar refractivity (Wildman–Crippen MR) is 136 cm³/mol. The van der Waals surface area contributed by atoms with E-state index >= 15 is 0 Å². The Morgan fingerprint density at radius 1 is 0.879 bits per heavy atom. The van der Waals surface area contributed by atoms with Crippen LogP contribution in [0.15, 0.2) is 90.2 Å². The van der Waals surface area contributed by atoms with Gasteiger partial charge in [0.1, 0.15) is 5.15 Å². The molecule has 7 heteroatoms. The summed E-state index contributed by atoms with van der Waals surface area (Å²) in [7, 11) is 0. The highest BCUT2D eigenvalue weighted by molar-refractivity contribution is 6.36. The minimum absolute atomic E-state index is 0.117. The summed E-state index contributed by atoms with van der Waals surface area (Å²) in [4.78, 5) is 16.6. The highest BCUT2D eigenvalue weighted by Gasteiger charge is 2.12. The molecule has 0 saturated heterocycles. The third-order valence-corrected chi connectivity index (χ3v) is 5.83. The Hall–Kier alpha value is -3.18. The molecule has 0 aliphatic rings. The molecule has 3 aromatic carbocycles. The number of nitrogens with one attached hydrogen (secondary N) is 1. The van der Waals surface area contributed by atoms with Crippen LogP contribution in [0.1, 0.15) is 32.6 Å². The molecule has 1 N–H and O–H groups in total. The fraction of sp³-hybridized carbons (Fsp3) is 0.0385. The Bertz CT molecular complexity index is 1270. The van der Waals surface area contributed by atoms with E-state index in [0.717, 1.165) is 16.7 Å². The number of pyridine rings is 1. The molecule has 1 heterocycles. The molecule has 4 aromatic rings. The number of carbonyl (C=O) groups excluding carboxylic acids is 1. The van der Waals surface area contributed by atoms with Crippen LogP contribution in [0.5, 0.6) is 0 Å². The van der Waals surface area contributed by atoms with E-state index in [-0.39, 0.29) is 5.78 Å². The van der Waals surface area contributed by atoms with Crippen molar-refractivity contribution < 1.29 is 4.79 Å². The quantitative estimate of drug-likeness (QED) is 0.127. The van der Waals surface area contributed by atoms with E-state index in [9.17, 15) is 4.79 Å². The normalized spacial score (nSPS) is 11.0. The van der Waals surface area contributed by atoms with Gasteiger partial charge in [0.05, 0.1) is 11.9 Å². The van der Waals surface area contributed by atoms with Crippen LogP contribution in [-0.4, -0.2) is 17.0 Å². The molecule has 0 atom stereocenters. The van der Waals surface area contributed by atoms with E-state index in [4.69, 9.17) is 34.8 Å². The number of hydrogen-bond acceptors (Lipinski definition) is 4. The summed E-state index contributed by atoms with van der Waals surface area (Å²) in [5.41, 5.74) is 7.46. The van der Waals surface area contributed by atoms with Gasteiger partial charge in [0.15, 0.2) is 5.78 Å². The molecule has 0 fully saturated rings. The van der Waals surface area contributed by atoms with E-state index in [1.165, 1.54) is 6.20 Å². The molecule has 4 rings (SSSR count). The Morgan fingerprint density at radius 2 is 1.55 bits per heavy atom. The van der Waals surface area contributed by atoms with Gasteiger partial charge in [-0.05, 0) is 41.0 Å². The van der Waals surface area contributed by atoms with Gasteiger partial charge in [0, 0.05) is 33.8 Å². The van der Waals surface area contributed by atoms with Gasteiger partial charge in [-0.25, -0.2) is 4.98 Å². The topological polar surface area (TPSA) is 54.4 Å². The zero-order valence-electron chi connectivity index (χ0n) is 17.3. The number of rotatable bonds is 7. The maximum Gasteiger partial charge on any atom is 0.194 e. The summed E-state index contributed by atoms with van der Waals surface area (Å²) < 4.78 is 0. The molecular weight excluding hydrogens is 477 g/mol. The van der Waals surface area contributed by atoms with Crippen molar-refractivity contribution in [3.63, 3.8) is 0 Å². The Kier molecular flexibility index (Phi) is 7.40. The number of nitrogens with zero attached hydrogens (tertiary/aromatic N) is 2. The molecule has 33 heavy (non-hydrogen) atoms. The standard InChI is InChI=1S/C26H18Cl3N3O/c27-23-13-21(32-31-15-18-4-2-1-3-5-18)14-24(28)22(23)12-17-6-8-19(9-7-17)26(33)20-10-11-25(29)30-16-20/h1-11,13-16,32H,12H2. The van der Waals surface area contributed by atoms with Crippen LogP contribution in [0.25, 0.3) is 0 Å². The Morgan fingerprint density at radius 3 is 2.18 bits per heavy atom. The van der Waals surface area contributed by atoms with Crippen molar-refractivity contribution in [2.24, 2.45) is 5.10 Å². The van der Waals surface area contributed by atoms with Crippen LogP contribution in [0.3, 0.4) is 0 Å². The van der Waals surface area contributed by atoms with Gasteiger partial charge >= 0.3 is 0 Å². The fourth-order valence-electron chi connectivity index (χ4n) is 3.21. The molecule has 0 saturated carbocycles. The lowest BCUT2D eigenvalue weighted by atomic mass is 10.00. The number of anilines is 1. The lowest BCUT2D eigenvalue weighted by molar-refractivity contribution is 0.103. The summed E-state index contributed by atoms with van der Waals surface area (Å²) in [6, 6.07) is 23.9. The third-order valence-electron chi connectivity index (χ3n) is 4.93. The van der Waals surface area contributed by atoms with Gasteiger partial charge in [-0.1, -0.05) is 89.4 Å². The second-order valence-electron chi connectivity index (χ2n) is 7.27. The van der Waals surface area contributed by atoms with E-state index in [1.807, 2.05) is 42.5 Å². The van der Waals surface area contributed by atoms with E-state index in [1.54, 1.807) is 42.6 Å². The van der Waals surface area contributed by atoms with Crippen LogP contribution in [-0.2, 0) is 6.42 Å². The van der Waals surface area contributed by atoms with Gasteiger partial charge in [0.25, 0.3) is 0 Å². The van der Waals surface area contributed by atoms with Crippen molar-refractivity contribution in [3.8, 4) is 0 Å². The molecule has 0 spiro atoms. The molecular formula is C26H18Cl3N3O.